The monoisotopic (exact) mass is 349 g/mol. The molecule has 0 spiro atoms. The van der Waals surface area contributed by atoms with Crippen molar-refractivity contribution in [3.05, 3.63) is 34.4 Å². The number of likely N-dealkylation sites (N-methyl/N-ethyl adjacent to an activating group) is 1. The molecule has 1 unspecified atom stereocenters. The van der Waals surface area contributed by atoms with Crippen LogP contribution >= 0.6 is 0 Å². The van der Waals surface area contributed by atoms with E-state index < -0.39 is 4.92 Å². The van der Waals surface area contributed by atoms with Gasteiger partial charge in [-0.15, -0.1) is 0 Å². The molecule has 0 bridgehead atoms. The highest BCUT2D eigenvalue weighted by Crippen LogP contribution is 2.15. The second-order valence-electron chi connectivity index (χ2n) is 6.48. The van der Waals surface area contributed by atoms with Crippen LogP contribution in [-0.4, -0.2) is 66.6 Å². The SMILES string of the molecule is CCN1CCN(CC(C)CNC(=O)Nc2ccc([N+](=O)[O-])cc2)CC1. The Hall–Kier alpha value is -2.19. The lowest BCUT2D eigenvalue weighted by Gasteiger charge is -2.35. The fourth-order valence-electron chi connectivity index (χ4n) is 2.90. The van der Waals surface area contributed by atoms with E-state index in [-0.39, 0.29) is 11.7 Å². The smallest absolute Gasteiger partial charge is 0.319 e. The number of carbonyl (C=O) groups excluding carboxylic acids is 1. The molecule has 2 rings (SSSR count). The zero-order chi connectivity index (χ0) is 18.2. The van der Waals surface area contributed by atoms with E-state index in [0.717, 1.165) is 39.3 Å². The average Bonchev–Trinajstić information content (AvgIpc) is 2.61. The van der Waals surface area contributed by atoms with Crippen LogP contribution in [0.4, 0.5) is 16.2 Å². The van der Waals surface area contributed by atoms with Gasteiger partial charge in [0.15, 0.2) is 0 Å². The highest BCUT2D eigenvalue weighted by molar-refractivity contribution is 5.89. The van der Waals surface area contributed by atoms with Crippen molar-refractivity contribution in [2.75, 3.05) is 51.1 Å². The first-order valence-corrected chi connectivity index (χ1v) is 8.72. The summed E-state index contributed by atoms with van der Waals surface area (Å²) in [7, 11) is 0. The first-order valence-electron chi connectivity index (χ1n) is 8.72. The van der Waals surface area contributed by atoms with Crippen molar-refractivity contribution >= 4 is 17.4 Å². The van der Waals surface area contributed by atoms with Crippen LogP contribution in [0.1, 0.15) is 13.8 Å². The van der Waals surface area contributed by atoms with Gasteiger partial charge in [-0.2, -0.15) is 0 Å². The number of nitrogens with zero attached hydrogens (tertiary/aromatic N) is 3. The summed E-state index contributed by atoms with van der Waals surface area (Å²) in [4.78, 5) is 27.0. The molecule has 2 amide bonds. The summed E-state index contributed by atoms with van der Waals surface area (Å²) in [6, 6.07) is 5.49. The Bertz CT molecular complexity index is 570. The normalized spacial score (nSPS) is 17.0. The molecule has 1 aromatic carbocycles. The van der Waals surface area contributed by atoms with Crippen molar-refractivity contribution in [1.82, 2.24) is 15.1 Å². The van der Waals surface area contributed by atoms with Gasteiger partial charge in [0.05, 0.1) is 4.92 Å². The van der Waals surface area contributed by atoms with Crippen molar-refractivity contribution < 1.29 is 9.72 Å². The Morgan fingerprint density at radius 3 is 2.36 bits per heavy atom. The Morgan fingerprint density at radius 2 is 1.80 bits per heavy atom. The van der Waals surface area contributed by atoms with E-state index >= 15 is 0 Å². The van der Waals surface area contributed by atoms with Crippen LogP contribution in [0.5, 0.6) is 0 Å². The van der Waals surface area contributed by atoms with Crippen LogP contribution in [0, 0.1) is 16.0 Å². The number of non-ortho nitro benzene ring substituents is 1. The van der Waals surface area contributed by atoms with Crippen molar-refractivity contribution in [3.8, 4) is 0 Å². The molecule has 8 heteroatoms. The average molecular weight is 349 g/mol. The zero-order valence-electron chi connectivity index (χ0n) is 14.9. The largest absolute Gasteiger partial charge is 0.338 e. The molecule has 25 heavy (non-hydrogen) atoms. The molecule has 1 saturated heterocycles. The minimum atomic E-state index is -0.466. The summed E-state index contributed by atoms with van der Waals surface area (Å²) in [5, 5.41) is 16.2. The lowest BCUT2D eigenvalue weighted by atomic mass is 10.1. The Kier molecular flexibility index (Phi) is 7.15. The van der Waals surface area contributed by atoms with Crippen LogP contribution in [-0.2, 0) is 0 Å². The van der Waals surface area contributed by atoms with Crippen molar-refractivity contribution in [2.24, 2.45) is 5.92 Å². The summed E-state index contributed by atoms with van der Waals surface area (Å²) in [5.41, 5.74) is 0.536. The maximum absolute atomic E-state index is 11.9. The fourth-order valence-corrected chi connectivity index (χ4v) is 2.90. The number of amides is 2. The zero-order valence-corrected chi connectivity index (χ0v) is 14.9. The molecule has 8 nitrogen and oxygen atoms in total. The third kappa shape index (κ3) is 6.32. The molecule has 138 valence electrons. The molecule has 0 aromatic heterocycles. The number of rotatable bonds is 7. The first-order chi connectivity index (χ1) is 12.0. The maximum Gasteiger partial charge on any atom is 0.319 e. The van der Waals surface area contributed by atoms with E-state index in [1.165, 1.54) is 24.3 Å². The number of hydrogen-bond acceptors (Lipinski definition) is 5. The minimum Gasteiger partial charge on any atom is -0.338 e. The van der Waals surface area contributed by atoms with Crippen molar-refractivity contribution in [1.29, 1.82) is 0 Å². The number of nitro groups is 1. The van der Waals surface area contributed by atoms with Crippen molar-refractivity contribution in [3.63, 3.8) is 0 Å². The summed E-state index contributed by atoms with van der Waals surface area (Å²) >= 11 is 0. The number of nitro benzene ring substituents is 1. The molecule has 0 aliphatic carbocycles. The Morgan fingerprint density at radius 1 is 1.20 bits per heavy atom. The van der Waals surface area contributed by atoms with E-state index in [1.807, 2.05) is 0 Å². The number of nitrogens with one attached hydrogen (secondary N) is 2. The van der Waals surface area contributed by atoms with Gasteiger partial charge < -0.3 is 20.4 Å². The number of hydrogen-bond donors (Lipinski definition) is 2. The minimum absolute atomic E-state index is 0.00255. The van der Waals surface area contributed by atoms with Gasteiger partial charge in [-0.25, -0.2) is 4.79 Å². The molecular weight excluding hydrogens is 322 g/mol. The van der Waals surface area contributed by atoms with Gasteiger partial charge in [-0.1, -0.05) is 13.8 Å². The number of anilines is 1. The van der Waals surface area contributed by atoms with Gasteiger partial charge in [-0.05, 0) is 24.6 Å². The maximum atomic E-state index is 11.9. The Balaban J connectivity index is 1.68. The van der Waals surface area contributed by atoms with Gasteiger partial charge in [0.25, 0.3) is 5.69 Å². The molecule has 0 saturated carbocycles. The Labute approximate surface area is 148 Å². The summed E-state index contributed by atoms with van der Waals surface area (Å²) < 4.78 is 0. The van der Waals surface area contributed by atoms with Gasteiger partial charge in [0.1, 0.15) is 0 Å². The number of piperazine rings is 1. The highest BCUT2D eigenvalue weighted by Gasteiger charge is 2.17. The van der Waals surface area contributed by atoms with E-state index in [0.29, 0.717) is 18.2 Å². The molecular formula is C17H27N5O3. The highest BCUT2D eigenvalue weighted by atomic mass is 16.6. The van der Waals surface area contributed by atoms with Crippen LogP contribution in [0.25, 0.3) is 0 Å². The summed E-state index contributed by atoms with van der Waals surface area (Å²) in [6.45, 7) is 11.3. The predicted octanol–water partition coefficient (Wildman–Crippen LogP) is 1.99. The molecule has 1 aromatic rings. The predicted molar refractivity (Wildman–Crippen MR) is 97.8 cm³/mol. The topological polar surface area (TPSA) is 90.8 Å². The van der Waals surface area contributed by atoms with E-state index in [1.54, 1.807) is 0 Å². The van der Waals surface area contributed by atoms with Crippen molar-refractivity contribution in [2.45, 2.75) is 13.8 Å². The second-order valence-corrected chi connectivity index (χ2v) is 6.48. The second kappa shape index (κ2) is 9.33. The molecule has 1 fully saturated rings. The van der Waals surface area contributed by atoms with Gasteiger partial charge in [-0.3, -0.25) is 10.1 Å². The molecule has 1 heterocycles. The van der Waals surface area contributed by atoms with E-state index in [4.69, 9.17) is 0 Å². The van der Waals surface area contributed by atoms with Gasteiger partial charge >= 0.3 is 6.03 Å². The lowest BCUT2D eigenvalue weighted by Crippen LogP contribution is -2.48. The standard InChI is InChI=1S/C17H27N5O3/c1-3-20-8-10-21(11-9-20)13-14(2)12-18-17(23)19-15-4-6-16(7-5-15)22(24)25/h4-7,14H,3,8-13H2,1-2H3,(H2,18,19,23). The molecule has 1 atom stereocenters. The third-order valence-electron chi connectivity index (χ3n) is 4.43. The quantitative estimate of drug-likeness (QED) is 0.580. The first kappa shape index (κ1) is 19.1. The van der Waals surface area contributed by atoms with Crippen LogP contribution in [0.15, 0.2) is 24.3 Å². The molecule has 2 N–H and O–H groups in total. The molecule has 0 radical (unpaired) electrons. The van der Waals surface area contributed by atoms with E-state index in [2.05, 4.69) is 34.3 Å². The fraction of sp³-hybridized carbons (Fsp3) is 0.588. The molecule has 1 aliphatic heterocycles. The summed E-state index contributed by atoms with van der Waals surface area (Å²) in [6.07, 6.45) is 0. The molecule has 1 aliphatic rings. The number of carbonyl (C=O) groups is 1. The number of benzene rings is 1. The summed E-state index contributed by atoms with van der Waals surface area (Å²) in [5.74, 6) is 0.357. The van der Waals surface area contributed by atoms with E-state index in [9.17, 15) is 14.9 Å². The van der Waals surface area contributed by atoms with Crippen LogP contribution in [0.2, 0.25) is 0 Å². The number of urea groups is 1. The third-order valence-corrected chi connectivity index (χ3v) is 4.43. The van der Waals surface area contributed by atoms with Crippen LogP contribution in [0.3, 0.4) is 0 Å². The van der Waals surface area contributed by atoms with Gasteiger partial charge in [0, 0.05) is 57.1 Å². The van der Waals surface area contributed by atoms with Gasteiger partial charge in [0.2, 0.25) is 0 Å². The van der Waals surface area contributed by atoms with Crippen LogP contribution < -0.4 is 10.6 Å². The lowest BCUT2D eigenvalue weighted by molar-refractivity contribution is -0.384.